The third-order valence-electron chi connectivity index (χ3n) is 1.98. The Bertz CT molecular complexity index is 360. The van der Waals surface area contributed by atoms with Crippen LogP contribution >= 0.6 is 0 Å². The number of aryl methyl sites for hydroxylation is 1. The van der Waals surface area contributed by atoms with Crippen LogP contribution in [0.25, 0.3) is 0 Å². The number of nitrogens with one attached hydrogen (secondary N) is 2. The van der Waals surface area contributed by atoms with Crippen LogP contribution in [0.3, 0.4) is 0 Å². The van der Waals surface area contributed by atoms with Gasteiger partial charge in [0.2, 0.25) is 0 Å². The number of hydrogen-bond acceptors (Lipinski definition) is 5. The molecule has 0 spiro atoms. The lowest BCUT2D eigenvalue weighted by molar-refractivity contribution is 0.292. The Kier molecular flexibility index (Phi) is 4.69. The number of aliphatic hydroxyl groups is 1. The van der Waals surface area contributed by atoms with E-state index in [1.54, 1.807) is 0 Å². The van der Waals surface area contributed by atoms with E-state index in [1.165, 1.54) is 0 Å². The van der Waals surface area contributed by atoms with Gasteiger partial charge in [0.1, 0.15) is 17.5 Å². The molecule has 1 aromatic rings. The maximum atomic E-state index is 8.72. The molecule has 5 heteroatoms. The molecule has 3 N–H and O–H groups in total. The highest BCUT2D eigenvalue weighted by Crippen LogP contribution is 2.15. The second-order valence-corrected chi connectivity index (χ2v) is 5.06. The maximum absolute atomic E-state index is 8.72. The second-order valence-electron chi connectivity index (χ2n) is 5.06. The Hall–Kier alpha value is -1.36. The van der Waals surface area contributed by atoms with Gasteiger partial charge in [-0.2, -0.15) is 0 Å². The summed E-state index contributed by atoms with van der Waals surface area (Å²) < 4.78 is 0. The summed E-state index contributed by atoms with van der Waals surface area (Å²) in [6.45, 7) is 9.02. The summed E-state index contributed by atoms with van der Waals surface area (Å²) in [5.41, 5.74) is -0.0246. The lowest BCUT2D eigenvalue weighted by atomic mass is 10.1. The Labute approximate surface area is 103 Å². The van der Waals surface area contributed by atoms with E-state index in [-0.39, 0.29) is 12.1 Å². The van der Waals surface area contributed by atoms with Gasteiger partial charge in [-0.1, -0.05) is 0 Å². The fourth-order valence-electron chi connectivity index (χ4n) is 1.40. The van der Waals surface area contributed by atoms with Crippen molar-refractivity contribution in [1.29, 1.82) is 0 Å². The van der Waals surface area contributed by atoms with Gasteiger partial charge >= 0.3 is 0 Å². The predicted octanol–water partition coefficient (Wildman–Crippen LogP) is 1.79. The molecule has 0 amide bonds. The first-order chi connectivity index (χ1) is 7.90. The van der Waals surface area contributed by atoms with Gasteiger partial charge < -0.3 is 15.7 Å². The van der Waals surface area contributed by atoms with Crippen molar-refractivity contribution < 1.29 is 5.11 Å². The Balaban J connectivity index is 2.72. The van der Waals surface area contributed by atoms with Crippen molar-refractivity contribution in [3.8, 4) is 0 Å². The van der Waals surface area contributed by atoms with E-state index in [9.17, 15) is 0 Å². The molecule has 0 radical (unpaired) electrons. The first-order valence-corrected chi connectivity index (χ1v) is 5.89. The fourth-order valence-corrected chi connectivity index (χ4v) is 1.40. The average molecular weight is 238 g/mol. The molecule has 5 nitrogen and oxygen atoms in total. The van der Waals surface area contributed by atoms with Crippen molar-refractivity contribution in [2.45, 2.75) is 39.7 Å². The van der Waals surface area contributed by atoms with Crippen molar-refractivity contribution in [3.63, 3.8) is 0 Å². The van der Waals surface area contributed by atoms with Crippen LogP contribution in [-0.2, 0) is 0 Å². The zero-order valence-corrected chi connectivity index (χ0v) is 11.0. The number of anilines is 2. The topological polar surface area (TPSA) is 70.1 Å². The lowest BCUT2D eigenvalue weighted by Gasteiger charge is -2.21. The summed E-state index contributed by atoms with van der Waals surface area (Å²) in [4.78, 5) is 8.63. The summed E-state index contributed by atoms with van der Waals surface area (Å²) in [6, 6.07) is 1.88. The summed E-state index contributed by atoms with van der Waals surface area (Å²) in [7, 11) is 0. The number of hydrogen-bond donors (Lipinski definition) is 3. The van der Waals surface area contributed by atoms with Crippen LogP contribution in [0.2, 0.25) is 0 Å². The van der Waals surface area contributed by atoms with E-state index in [0.717, 1.165) is 17.5 Å². The Morgan fingerprint density at radius 1 is 1.24 bits per heavy atom. The molecule has 96 valence electrons. The molecule has 0 unspecified atom stereocenters. The molecule has 0 saturated heterocycles. The number of aliphatic hydroxyl groups excluding tert-OH is 1. The van der Waals surface area contributed by atoms with Gasteiger partial charge in [-0.15, -0.1) is 0 Å². The number of nitrogens with zero attached hydrogens (tertiary/aromatic N) is 2. The van der Waals surface area contributed by atoms with Crippen molar-refractivity contribution in [2.75, 3.05) is 23.8 Å². The van der Waals surface area contributed by atoms with Crippen molar-refractivity contribution in [3.05, 3.63) is 11.9 Å². The summed E-state index contributed by atoms with van der Waals surface area (Å²) in [5, 5.41) is 15.2. The number of aromatic nitrogens is 2. The maximum Gasteiger partial charge on any atom is 0.132 e. The minimum absolute atomic E-state index is 0.0246. The molecule has 0 bridgehead atoms. The third kappa shape index (κ3) is 5.49. The summed E-state index contributed by atoms with van der Waals surface area (Å²) in [5.74, 6) is 2.33. The highest BCUT2D eigenvalue weighted by molar-refractivity contribution is 5.48. The van der Waals surface area contributed by atoms with Crippen LogP contribution in [0.4, 0.5) is 11.6 Å². The molecule has 1 heterocycles. The van der Waals surface area contributed by atoms with Crippen LogP contribution in [-0.4, -0.2) is 33.8 Å². The van der Waals surface area contributed by atoms with Crippen LogP contribution < -0.4 is 10.6 Å². The van der Waals surface area contributed by atoms with Crippen molar-refractivity contribution in [1.82, 2.24) is 9.97 Å². The zero-order valence-electron chi connectivity index (χ0n) is 11.0. The minimum atomic E-state index is -0.0246. The molecule has 0 aromatic carbocycles. The number of rotatable bonds is 5. The first kappa shape index (κ1) is 13.7. The molecule has 0 aliphatic rings. The van der Waals surface area contributed by atoms with E-state index < -0.39 is 0 Å². The van der Waals surface area contributed by atoms with Gasteiger partial charge in [-0.3, -0.25) is 0 Å². The van der Waals surface area contributed by atoms with Crippen LogP contribution in [0.1, 0.15) is 33.0 Å². The summed E-state index contributed by atoms with van der Waals surface area (Å²) >= 11 is 0. The molecule has 17 heavy (non-hydrogen) atoms. The predicted molar refractivity (Wildman–Crippen MR) is 70.3 cm³/mol. The monoisotopic (exact) mass is 238 g/mol. The molecule has 1 rings (SSSR count). The van der Waals surface area contributed by atoms with Gasteiger partial charge in [-0.05, 0) is 34.1 Å². The largest absolute Gasteiger partial charge is 0.396 e. The van der Waals surface area contributed by atoms with Crippen molar-refractivity contribution in [2.24, 2.45) is 0 Å². The average Bonchev–Trinajstić information content (AvgIpc) is 2.14. The van der Waals surface area contributed by atoms with Crippen LogP contribution in [0, 0.1) is 6.92 Å². The molecule has 1 aromatic heterocycles. The first-order valence-electron chi connectivity index (χ1n) is 5.89. The van der Waals surface area contributed by atoms with E-state index in [0.29, 0.717) is 13.0 Å². The third-order valence-corrected chi connectivity index (χ3v) is 1.98. The summed E-state index contributed by atoms with van der Waals surface area (Å²) in [6.07, 6.45) is 0.713. The Morgan fingerprint density at radius 2 is 1.88 bits per heavy atom. The van der Waals surface area contributed by atoms with Crippen molar-refractivity contribution >= 4 is 11.6 Å². The highest BCUT2D eigenvalue weighted by atomic mass is 16.3. The van der Waals surface area contributed by atoms with Gasteiger partial charge in [0.15, 0.2) is 0 Å². The molecule has 0 fully saturated rings. The smallest absolute Gasteiger partial charge is 0.132 e. The molecule has 0 atom stereocenters. The Morgan fingerprint density at radius 3 is 2.47 bits per heavy atom. The highest BCUT2D eigenvalue weighted by Gasteiger charge is 2.11. The molecule has 0 saturated carbocycles. The quantitative estimate of drug-likeness (QED) is 0.682. The van der Waals surface area contributed by atoms with Crippen LogP contribution in [0.15, 0.2) is 6.07 Å². The molecule has 0 aliphatic carbocycles. The lowest BCUT2D eigenvalue weighted by Crippen LogP contribution is -2.27. The normalized spacial score (nSPS) is 11.4. The van der Waals surface area contributed by atoms with E-state index in [1.807, 2.05) is 13.0 Å². The molecule has 0 aliphatic heterocycles. The SMILES string of the molecule is Cc1nc(NCCCO)cc(NC(C)(C)C)n1. The van der Waals surface area contributed by atoms with Gasteiger partial charge in [0.05, 0.1) is 0 Å². The van der Waals surface area contributed by atoms with Gasteiger partial charge in [0.25, 0.3) is 0 Å². The van der Waals surface area contributed by atoms with E-state index in [2.05, 4.69) is 41.4 Å². The van der Waals surface area contributed by atoms with Crippen LogP contribution in [0.5, 0.6) is 0 Å². The van der Waals surface area contributed by atoms with E-state index in [4.69, 9.17) is 5.11 Å². The van der Waals surface area contributed by atoms with Gasteiger partial charge in [-0.25, -0.2) is 9.97 Å². The fraction of sp³-hybridized carbons (Fsp3) is 0.667. The van der Waals surface area contributed by atoms with E-state index >= 15 is 0 Å². The van der Waals surface area contributed by atoms with Gasteiger partial charge in [0, 0.05) is 24.8 Å². The standard InChI is InChI=1S/C12H22N4O/c1-9-14-10(13-6-5-7-17)8-11(15-9)16-12(2,3)4/h8,17H,5-7H2,1-4H3,(H2,13,14,15,16). The zero-order chi connectivity index (χ0) is 12.9. The minimum Gasteiger partial charge on any atom is -0.396 e. The molecular formula is C12H22N4O. The molecular weight excluding hydrogens is 216 g/mol. The second kappa shape index (κ2) is 5.82.